The number of nitrogens with one attached hydrogen (secondary N) is 1. The van der Waals surface area contributed by atoms with E-state index < -0.39 is 0 Å². The molecule has 2 aromatic heterocycles. The van der Waals surface area contributed by atoms with Gasteiger partial charge in [0.1, 0.15) is 13.2 Å². The number of halogens is 1. The average molecular weight is 491 g/mol. The Balaban J connectivity index is 1.28. The van der Waals surface area contributed by atoms with Crippen LogP contribution in [0.4, 0.5) is 0 Å². The number of amides is 1. The zero-order valence-electron chi connectivity index (χ0n) is 20.0. The van der Waals surface area contributed by atoms with Crippen LogP contribution in [0, 0.1) is 13.8 Å². The number of carbonyl (C=O) groups is 1. The van der Waals surface area contributed by atoms with E-state index in [4.69, 9.17) is 31.2 Å². The summed E-state index contributed by atoms with van der Waals surface area (Å²) in [7, 11) is 0. The Bertz CT molecular complexity index is 1400. The summed E-state index contributed by atoms with van der Waals surface area (Å²) in [4.78, 5) is 17.5. The molecule has 0 fully saturated rings. The third-order valence-corrected chi connectivity index (χ3v) is 6.60. The van der Waals surface area contributed by atoms with E-state index in [9.17, 15) is 4.79 Å². The zero-order chi connectivity index (χ0) is 24.5. The Morgan fingerprint density at radius 1 is 1.09 bits per heavy atom. The molecule has 8 heteroatoms. The molecule has 0 saturated carbocycles. The smallest absolute Gasteiger partial charge is 0.220 e. The average Bonchev–Trinajstić information content (AvgIpc) is 3.28. The number of carbonyl (C=O) groups excluding carboxylic acids is 1. The normalized spacial score (nSPS) is 13.6. The van der Waals surface area contributed by atoms with Crippen molar-refractivity contribution in [3.05, 3.63) is 76.1 Å². The summed E-state index contributed by atoms with van der Waals surface area (Å²) in [5, 5.41) is 8.53. The molecular formula is C27H27ClN4O3. The van der Waals surface area contributed by atoms with Crippen molar-refractivity contribution in [3.8, 4) is 22.8 Å². The maximum Gasteiger partial charge on any atom is 0.220 e. The summed E-state index contributed by atoms with van der Waals surface area (Å²) in [5.74, 6) is 1.44. The van der Waals surface area contributed by atoms with E-state index in [1.807, 2.05) is 73.8 Å². The molecule has 35 heavy (non-hydrogen) atoms. The van der Waals surface area contributed by atoms with Crippen LogP contribution in [-0.4, -0.2) is 33.7 Å². The molecule has 0 radical (unpaired) electrons. The van der Waals surface area contributed by atoms with Gasteiger partial charge in [0, 0.05) is 34.5 Å². The number of hydrogen-bond acceptors (Lipinski definition) is 5. The minimum atomic E-state index is -0.144. The van der Waals surface area contributed by atoms with Crippen molar-refractivity contribution >= 4 is 23.2 Å². The number of hydrogen-bond donors (Lipinski definition) is 1. The second-order valence-electron chi connectivity index (χ2n) is 8.76. The van der Waals surface area contributed by atoms with Crippen molar-refractivity contribution in [2.24, 2.45) is 0 Å². The molecule has 1 N–H and O–H groups in total. The van der Waals surface area contributed by atoms with Crippen LogP contribution in [0.2, 0.25) is 5.02 Å². The molecule has 0 aliphatic carbocycles. The van der Waals surface area contributed by atoms with Crippen molar-refractivity contribution in [1.29, 1.82) is 0 Å². The highest BCUT2D eigenvalue weighted by Crippen LogP contribution is 2.32. The fourth-order valence-corrected chi connectivity index (χ4v) is 4.54. The third kappa shape index (κ3) is 4.82. The van der Waals surface area contributed by atoms with Crippen LogP contribution < -0.4 is 14.8 Å². The highest BCUT2D eigenvalue weighted by Gasteiger charge is 2.18. The van der Waals surface area contributed by atoms with Gasteiger partial charge in [0.2, 0.25) is 5.91 Å². The van der Waals surface area contributed by atoms with Crippen LogP contribution in [0.5, 0.6) is 11.5 Å². The molecular weight excluding hydrogens is 464 g/mol. The lowest BCUT2D eigenvalue weighted by Gasteiger charge is -2.21. The summed E-state index contributed by atoms with van der Waals surface area (Å²) >= 11 is 6.02. The van der Waals surface area contributed by atoms with Crippen LogP contribution >= 0.6 is 11.6 Å². The van der Waals surface area contributed by atoms with Crippen LogP contribution in [0.25, 0.3) is 16.9 Å². The summed E-state index contributed by atoms with van der Waals surface area (Å²) in [6.07, 6.45) is 0.936. The lowest BCUT2D eigenvalue weighted by atomic mass is 10.0. The Hall–Kier alpha value is -3.58. The van der Waals surface area contributed by atoms with Gasteiger partial charge in [-0.3, -0.25) is 4.79 Å². The van der Waals surface area contributed by atoms with Crippen molar-refractivity contribution in [2.45, 2.75) is 39.7 Å². The topological polar surface area (TPSA) is 77.8 Å². The zero-order valence-corrected chi connectivity index (χ0v) is 20.7. The molecule has 0 saturated heterocycles. The number of nitrogens with zero attached hydrogens (tertiary/aromatic N) is 3. The first-order chi connectivity index (χ1) is 16.9. The Kier molecular flexibility index (Phi) is 6.34. The predicted molar refractivity (Wildman–Crippen MR) is 135 cm³/mol. The van der Waals surface area contributed by atoms with E-state index in [0.29, 0.717) is 31.1 Å². The first kappa shape index (κ1) is 23.2. The number of fused-ring (bicyclic) bond motifs is 2. The SMILES string of the molecule is Cc1nc2cc(-c3ccc(Cl)cc3)nn2c(C)c1CCC(=O)N[C@@H](C)c1ccc2c(c1)OCCO2. The summed E-state index contributed by atoms with van der Waals surface area (Å²) in [5.41, 5.74) is 6.50. The second kappa shape index (κ2) is 9.58. The van der Waals surface area contributed by atoms with E-state index in [2.05, 4.69) is 5.32 Å². The lowest BCUT2D eigenvalue weighted by molar-refractivity contribution is -0.121. The van der Waals surface area contributed by atoms with Crippen LogP contribution in [0.15, 0.2) is 48.5 Å². The molecule has 180 valence electrons. The van der Waals surface area contributed by atoms with Gasteiger partial charge in [0.05, 0.1) is 11.7 Å². The van der Waals surface area contributed by atoms with Gasteiger partial charge in [-0.15, -0.1) is 0 Å². The van der Waals surface area contributed by atoms with Crippen molar-refractivity contribution in [2.75, 3.05) is 13.2 Å². The number of aromatic nitrogens is 3. The molecule has 7 nitrogen and oxygen atoms in total. The van der Waals surface area contributed by atoms with Crippen LogP contribution in [0.3, 0.4) is 0 Å². The van der Waals surface area contributed by atoms with Crippen LogP contribution in [-0.2, 0) is 11.2 Å². The highest BCUT2D eigenvalue weighted by molar-refractivity contribution is 6.30. The maximum absolute atomic E-state index is 12.8. The fraction of sp³-hybridized carbons (Fsp3) is 0.296. The van der Waals surface area contributed by atoms with E-state index in [1.165, 1.54) is 0 Å². The maximum atomic E-state index is 12.8. The number of benzene rings is 2. The number of aryl methyl sites for hydroxylation is 2. The summed E-state index contributed by atoms with van der Waals surface area (Å²) in [6, 6.07) is 15.2. The quantitative estimate of drug-likeness (QED) is 0.399. The minimum Gasteiger partial charge on any atom is -0.486 e. The van der Waals surface area contributed by atoms with Crippen molar-refractivity contribution in [3.63, 3.8) is 0 Å². The highest BCUT2D eigenvalue weighted by atomic mass is 35.5. The molecule has 1 aliphatic rings. The molecule has 0 bridgehead atoms. The fourth-order valence-electron chi connectivity index (χ4n) is 4.41. The van der Waals surface area contributed by atoms with E-state index in [1.54, 1.807) is 0 Å². The summed E-state index contributed by atoms with van der Waals surface area (Å²) in [6.45, 7) is 7.05. The molecule has 1 atom stereocenters. The second-order valence-corrected chi connectivity index (χ2v) is 9.20. The molecule has 2 aromatic carbocycles. The molecule has 0 spiro atoms. The molecule has 4 aromatic rings. The third-order valence-electron chi connectivity index (χ3n) is 6.35. The van der Waals surface area contributed by atoms with Gasteiger partial charge in [0.25, 0.3) is 0 Å². The van der Waals surface area contributed by atoms with Gasteiger partial charge >= 0.3 is 0 Å². The van der Waals surface area contributed by atoms with E-state index in [-0.39, 0.29) is 11.9 Å². The molecule has 0 unspecified atom stereocenters. The van der Waals surface area contributed by atoms with Crippen molar-refractivity contribution < 1.29 is 14.3 Å². The number of ether oxygens (including phenoxy) is 2. The first-order valence-electron chi connectivity index (χ1n) is 11.7. The Morgan fingerprint density at radius 3 is 2.60 bits per heavy atom. The molecule has 3 heterocycles. The predicted octanol–water partition coefficient (Wildman–Crippen LogP) is 5.25. The van der Waals surface area contributed by atoms with Crippen molar-refractivity contribution in [1.82, 2.24) is 19.9 Å². The molecule has 1 amide bonds. The lowest BCUT2D eigenvalue weighted by Crippen LogP contribution is -2.27. The first-order valence-corrected chi connectivity index (χ1v) is 12.1. The van der Waals surface area contributed by atoms with Gasteiger partial charge in [-0.25, -0.2) is 9.50 Å². The van der Waals surface area contributed by atoms with Gasteiger partial charge < -0.3 is 14.8 Å². The Labute approximate surface area is 209 Å². The monoisotopic (exact) mass is 490 g/mol. The minimum absolute atomic E-state index is 0.0198. The number of rotatable bonds is 6. The van der Waals surface area contributed by atoms with E-state index >= 15 is 0 Å². The summed E-state index contributed by atoms with van der Waals surface area (Å²) < 4.78 is 13.1. The van der Waals surface area contributed by atoms with Gasteiger partial charge in [-0.1, -0.05) is 29.8 Å². The van der Waals surface area contributed by atoms with Crippen LogP contribution in [0.1, 0.15) is 41.9 Å². The molecule has 5 rings (SSSR count). The van der Waals surface area contributed by atoms with Gasteiger partial charge in [0.15, 0.2) is 17.1 Å². The largest absolute Gasteiger partial charge is 0.486 e. The van der Waals surface area contributed by atoms with Gasteiger partial charge in [-0.05, 0) is 62.6 Å². The van der Waals surface area contributed by atoms with E-state index in [0.717, 1.165) is 50.9 Å². The standard InChI is InChI=1S/C27H27ClN4O3/c1-16(20-6-10-24-25(14-20)35-13-12-34-24)30-27(33)11-9-22-17(2)29-26-15-23(31-32(26)18(22)3)19-4-7-21(28)8-5-19/h4-8,10,14-16H,9,11-13H2,1-3H3,(H,30,33)/t16-/m0/s1. The molecule has 1 aliphatic heterocycles. The Morgan fingerprint density at radius 2 is 1.83 bits per heavy atom. The van der Waals surface area contributed by atoms with Gasteiger partial charge in [-0.2, -0.15) is 5.10 Å².